The van der Waals surface area contributed by atoms with Crippen molar-refractivity contribution in [2.75, 3.05) is 13.1 Å². The fraction of sp³-hybridized carbons (Fsp3) is 0.689. The summed E-state index contributed by atoms with van der Waals surface area (Å²) < 4.78 is 12.8. The SMILES string of the molecule is CCCCCCCCC(CCCCCC)CN1C(=O)C2=C(c3ccco3)N(CC(CCCCCC)CCCCCCC)C(=O)C2=C1c1ccc(Br)o1. The van der Waals surface area contributed by atoms with Gasteiger partial charge in [0, 0.05) is 13.1 Å². The lowest BCUT2D eigenvalue weighted by Crippen LogP contribution is -2.34. The highest BCUT2D eigenvalue weighted by Gasteiger charge is 2.51. The Kier molecular flexibility index (Phi) is 18.9. The number of halogens is 1. The molecule has 52 heavy (non-hydrogen) atoms. The van der Waals surface area contributed by atoms with Gasteiger partial charge in [0.25, 0.3) is 11.8 Å². The highest BCUT2D eigenvalue weighted by molar-refractivity contribution is 9.10. The molecule has 4 heterocycles. The van der Waals surface area contributed by atoms with Crippen LogP contribution in [0, 0.1) is 11.8 Å². The molecule has 2 aromatic heterocycles. The van der Waals surface area contributed by atoms with E-state index < -0.39 is 0 Å². The number of nitrogens with zero attached hydrogens (tertiary/aromatic N) is 2. The first kappa shape index (κ1) is 42.2. The fourth-order valence-corrected chi connectivity index (χ4v) is 8.56. The largest absolute Gasteiger partial charge is 0.463 e. The Hall–Kier alpha value is -2.54. The van der Waals surface area contributed by atoms with Crippen LogP contribution in [0.5, 0.6) is 0 Å². The molecule has 0 radical (unpaired) electrons. The number of carbonyl (C=O) groups is 2. The molecule has 0 bridgehead atoms. The van der Waals surface area contributed by atoms with Crippen molar-refractivity contribution in [2.24, 2.45) is 11.8 Å². The van der Waals surface area contributed by atoms with Crippen LogP contribution in [0.25, 0.3) is 11.4 Å². The molecule has 2 unspecified atom stereocenters. The summed E-state index contributed by atoms with van der Waals surface area (Å²) in [4.78, 5) is 33.6. The fourth-order valence-electron chi connectivity index (χ4n) is 8.25. The molecule has 290 valence electrons. The van der Waals surface area contributed by atoms with Gasteiger partial charge < -0.3 is 18.6 Å². The normalized spacial score (nSPS) is 15.9. The maximum Gasteiger partial charge on any atom is 0.261 e. The van der Waals surface area contributed by atoms with E-state index in [-0.39, 0.29) is 11.8 Å². The van der Waals surface area contributed by atoms with Crippen molar-refractivity contribution < 1.29 is 18.4 Å². The first-order chi connectivity index (χ1) is 25.4. The van der Waals surface area contributed by atoms with Gasteiger partial charge in [0.15, 0.2) is 16.2 Å². The Morgan fingerprint density at radius 3 is 1.33 bits per heavy atom. The van der Waals surface area contributed by atoms with Crippen molar-refractivity contribution in [3.63, 3.8) is 0 Å². The number of amides is 2. The Morgan fingerprint density at radius 1 is 0.538 bits per heavy atom. The summed E-state index contributed by atoms with van der Waals surface area (Å²) in [5.41, 5.74) is 2.23. The second-order valence-electron chi connectivity index (χ2n) is 15.5. The zero-order chi connectivity index (χ0) is 37.1. The maximum absolute atomic E-state index is 14.9. The van der Waals surface area contributed by atoms with E-state index in [0.29, 0.717) is 63.7 Å². The molecule has 0 aromatic carbocycles. The number of hydrogen-bond acceptors (Lipinski definition) is 4. The van der Waals surface area contributed by atoms with Gasteiger partial charge >= 0.3 is 0 Å². The number of hydrogen-bond donors (Lipinski definition) is 0. The van der Waals surface area contributed by atoms with Crippen LogP contribution in [0.1, 0.15) is 187 Å². The predicted molar refractivity (Wildman–Crippen MR) is 218 cm³/mol. The summed E-state index contributed by atoms with van der Waals surface area (Å²) >= 11 is 3.51. The van der Waals surface area contributed by atoms with Crippen molar-refractivity contribution in [3.05, 3.63) is 57.9 Å². The van der Waals surface area contributed by atoms with Crippen molar-refractivity contribution in [1.29, 1.82) is 0 Å². The molecule has 0 saturated carbocycles. The van der Waals surface area contributed by atoms with E-state index in [1.807, 2.05) is 34.1 Å². The molecular weight excluding hydrogens is 712 g/mol. The molecule has 6 nitrogen and oxygen atoms in total. The molecular formula is C45H69BrN2O4. The third kappa shape index (κ3) is 12.0. The zero-order valence-electron chi connectivity index (χ0n) is 33.1. The van der Waals surface area contributed by atoms with E-state index >= 15 is 0 Å². The van der Waals surface area contributed by atoms with Gasteiger partial charge in [-0.15, -0.1) is 0 Å². The highest BCUT2D eigenvalue weighted by Crippen LogP contribution is 2.48. The average molecular weight is 782 g/mol. The minimum absolute atomic E-state index is 0.0969. The van der Waals surface area contributed by atoms with Gasteiger partial charge in [0.2, 0.25) is 0 Å². The van der Waals surface area contributed by atoms with Crippen molar-refractivity contribution in [1.82, 2.24) is 9.80 Å². The van der Waals surface area contributed by atoms with Crippen LogP contribution in [0.2, 0.25) is 0 Å². The maximum atomic E-state index is 14.9. The molecule has 4 rings (SSSR count). The second-order valence-corrected chi connectivity index (χ2v) is 16.3. The molecule has 2 amide bonds. The summed E-state index contributed by atoms with van der Waals surface area (Å²) in [6, 6.07) is 7.52. The molecule has 0 spiro atoms. The summed E-state index contributed by atoms with van der Waals surface area (Å²) in [6.45, 7) is 10.2. The van der Waals surface area contributed by atoms with Crippen molar-refractivity contribution in [3.8, 4) is 0 Å². The summed E-state index contributed by atoms with van der Waals surface area (Å²) in [7, 11) is 0. The molecule has 7 heteroatoms. The molecule has 0 N–H and O–H groups in total. The van der Waals surface area contributed by atoms with Crippen LogP contribution < -0.4 is 0 Å². The summed E-state index contributed by atoms with van der Waals surface area (Å²) in [6.07, 6.45) is 29.4. The van der Waals surface area contributed by atoms with Crippen LogP contribution >= 0.6 is 15.9 Å². The van der Waals surface area contributed by atoms with E-state index in [1.54, 1.807) is 6.26 Å². The molecule has 2 aliphatic rings. The second kappa shape index (κ2) is 23.3. The Balaban J connectivity index is 1.67. The van der Waals surface area contributed by atoms with Crippen LogP contribution in [0.15, 0.2) is 55.2 Å². The third-order valence-electron chi connectivity index (χ3n) is 11.2. The lowest BCUT2D eigenvalue weighted by molar-refractivity contribution is -0.124. The topological polar surface area (TPSA) is 66.9 Å². The summed E-state index contributed by atoms with van der Waals surface area (Å²) in [5.74, 6) is 1.68. The Labute approximate surface area is 324 Å². The molecule has 0 aliphatic carbocycles. The zero-order valence-corrected chi connectivity index (χ0v) is 34.7. The highest BCUT2D eigenvalue weighted by atomic mass is 79.9. The van der Waals surface area contributed by atoms with Crippen molar-refractivity contribution in [2.45, 2.75) is 175 Å². The number of fused-ring (bicyclic) bond motifs is 1. The van der Waals surface area contributed by atoms with E-state index in [1.165, 1.54) is 122 Å². The van der Waals surface area contributed by atoms with Crippen molar-refractivity contribution >= 4 is 39.1 Å². The molecule has 2 aromatic rings. The molecule has 2 atom stereocenters. The van der Waals surface area contributed by atoms with Gasteiger partial charge in [0.05, 0.1) is 17.4 Å². The van der Waals surface area contributed by atoms with E-state index in [9.17, 15) is 9.59 Å². The van der Waals surface area contributed by atoms with E-state index in [2.05, 4.69) is 43.6 Å². The Morgan fingerprint density at radius 2 is 0.942 bits per heavy atom. The smallest absolute Gasteiger partial charge is 0.261 e. The Bertz CT molecular complexity index is 1410. The number of furan rings is 2. The van der Waals surface area contributed by atoms with Crippen LogP contribution in [-0.2, 0) is 9.59 Å². The number of carbonyl (C=O) groups excluding carboxylic acids is 2. The minimum atomic E-state index is -0.0975. The first-order valence-electron chi connectivity index (χ1n) is 21.4. The van der Waals surface area contributed by atoms with Crippen LogP contribution in [-0.4, -0.2) is 34.7 Å². The van der Waals surface area contributed by atoms with Crippen LogP contribution in [0.4, 0.5) is 0 Å². The van der Waals surface area contributed by atoms with Gasteiger partial charge in [0.1, 0.15) is 11.4 Å². The standard InChI is InChI=1S/C45H69BrN2O4/c1-5-9-13-17-19-23-28-36(26-21-16-12-8-4)34-48-43(38-30-31-39(46)52-38)41-40(44(48)49)42(37-29-24-32-51-37)47(45(41)50)33-35(25-20-15-11-7-3)27-22-18-14-10-6-2/h24,29-32,35-36H,5-23,25-28,33-34H2,1-4H3. The van der Waals surface area contributed by atoms with E-state index in [0.717, 1.165) is 25.7 Å². The quantitative estimate of drug-likeness (QED) is 0.0771. The lowest BCUT2D eigenvalue weighted by Gasteiger charge is -2.29. The predicted octanol–water partition coefficient (Wildman–Crippen LogP) is 13.7. The molecule has 0 fully saturated rings. The number of unbranched alkanes of at least 4 members (excludes halogenated alkanes) is 15. The third-order valence-corrected chi connectivity index (χ3v) is 11.7. The summed E-state index contributed by atoms with van der Waals surface area (Å²) in [5, 5.41) is 0. The van der Waals surface area contributed by atoms with E-state index in [4.69, 9.17) is 8.83 Å². The lowest BCUT2D eigenvalue weighted by atomic mass is 9.93. The minimum Gasteiger partial charge on any atom is -0.463 e. The van der Waals surface area contributed by atoms with Gasteiger partial charge in [-0.05, 0) is 77.7 Å². The average Bonchev–Trinajstić information content (AvgIpc) is 3.93. The van der Waals surface area contributed by atoms with Crippen LogP contribution in [0.3, 0.4) is 0 Å². The van der Waals surface area contributed by atoms with Gasteiger partial charge in [-0.3, -0.25) is 9.59 Å². The van der Waals surface area contributed by atoms with Gasteiger partial charge in [-0.25, -0.2) is 0 Å². The number of rotatable bonds is 29. The monoisotopic (exact) mass is 780 g/mol. The molecule has 2 aliphatic heterocycles. The molecule has 0 saturated heterocycles. The first-order valence-corrected chi connectivity index (χ1v) is 22.2. The van der Waals surface area contributed by atoms with Gasteiger partial charge in [-0.2, -0.15) is 0 Å². The van der Waals surface area contributed by atoms with Gasteiger partial charge in [-0.1, -0.05) is 150 Å².